The van der Waals surface area contributed by atoms with Gasteiger partial charge in [0.1, 0.15) is 23.5 Å². The quantitative estimate of drug-likeness (QED) is 0.537. The molecule has 1 heterocycles. The van der Waals surface area contributed by atoms with Gasteiger partial charge in [0.05, 0.1) is 11.8 Å². The van der Waals surface area contributed by atoms with Gasteiger partial charge in [0.2, 0.25) is 0 Å². The fourth-order valence-corrected chi connectivity index (χ4v) is 4.16. The molecule has 1 aliphatic heterocycles. The van der Waals surface area contributed by atoms with E-state index in [-0.39, 0.29) is 34.0 Å². The molecule has 172 valence electrons. The molecule has 1 atom stereocenters. The van der Waals surface area contributed by atoms with Crippen LogP contribution in [0.1, 0.15) is 16.7 Å². The Labute approximate surface area is 193 Å². The standard InChI is InChI=1S/C23H16F2N4O4S/c1-34(31,32)33-17-6-3-15(4-7-17)23(21(30)28-22(27)29-23)16-5-9-20(25)18(11-16)13-2-8-19(24)14(10-13)12-26/h2-11H,1H3,(H3,27,28,29,30). The Morgan fingerprint density at radius 1 is 1.03 bits per heavy atom. The van der Waals surface area contributed by atoms with E-state index in [1.807, 2.05) is 0 Å². The van der Waals surface area contributed by atoms with Gasteiger partial charge in [0.15, 0.2) is 11.5 Å². The summed E-state index contributed by atoms with van der Waals surface area (Å²) in [4.78, 5) is 17.4. The molecule has 0 saturated heterocycles. The molecule has 0 aliphatic carbocycles. The van der Waals surface area contributed by atoms with E-state index < -0.39 is 33.2 Å². The van der Waals surface area contributed by atoms with Gasteiger partial charge in [-0.1, -0.05) is 24.3 Å². The third-order valence-corrected chi connectivity index (χ3v) is 5.66. The summed E-state index contributed by atoms with van der Waals surface area (Å²) >= 11 is 0. The van der Waals surface area contributed by atoms with Gasteiger partial charge in [-0.2, -0.15) is 13.7 Å². The van der Waals surface area contributed by atoms with Crippen molar-refractivity contribution in [3.8, 4) is 22.9 Å². The van der Waals surface area contributed by atoms with E-state index in [1.165, 1.54) is 48.5 Å². The lowest BCUT2D eigenvalue weighted by Gasteiger charge is -2.25. The molecule has 0 saturated carbocycles. The van der Waals surface area contributed by atoms with Crippen LogP contribution in [0.3, 0.4) is 0 Å². The largest absolute Gasteiger partial charge is 0.383 e. The number of hydrogen-bond acceptors (Lipinski definition) is 7. The van der Waals surface area contributed by atoms with E-state index in [2.05, 4.69) is 10.3 Å². The molecule has 3 aromatic rings. The van der Waals surface area contributed by atoms with Crippen LogP contribution in [0.2, 0.25) is 0 Å². The molecule has 4 rings (SSSR count). The van der Waals surface area contributed by atoms with Gasteiger partial charge in [-0.05, 0) is 53.1 Å². The highest BCUT2D eigenvalue weighted by atomic mass is 32.2. The third-order valence-electron chi connectivity index (χ3n) is 5.16. The highest BCUT2D eigenvalue weighted by Crippen LogP contribution is 2.39. The number of carbonyl (C=O) groups excluding carboxylic acids is 1. The maximum atomic E-state index is 14.8. The minimum Gasteiger partial charge on any atom is -0.383 e. The maximum Gasteiger partial charge on any atom is 0.306 e. The van der Waals surface area contributed by atoms with Crippen LogP contribution in [-0.4, -0.2) is 26.5 Å². The zero-order valence-electron chi connectivity index (χ0n) is 17.5. The van der Waals surface area contributed by atoms with Gasteiger partial charge in [-0.25, -0.2) is 13.8 Å². The van der Waals surface area contributed by atoms with Gasteiger partial charge in [-0.15, -0.1) is 0 Å². The lowest BCUT2D eigenvalue weighted by atomic mass is 9.81. The minimum atomic E-state index is -3.76. The zero-order valence-corrected chi connectivity index (χ0v) is 18.4. The first-order valence-corrected chi connectivity index (χ1v) is 11.5. The highest BCUT2D eigenvalue weighted by Gasteiger charge is 2.47. The number of nitriles is 1. The van der Waals surface area contributed by atoms with Gasteiger partial charge < -0.3 is 9.92 Å². The number of halogens is 2. The first-order valence-electron chi connectivity index (χ1n) is 9.70. The van der Waals surface area contributed by atoms with Crippen molar-refractivity contribution in [2.45, 2.75) is 5.54 Å². The van der Waals surface area contributed by atoms with Crippen molar-refractivity contribution in [3.63, 3.8) is 0 Å². The van der Waals surface area contributed by atoms with Crippen LogP contribution >= 0.6 is 0 Å². The second-order valence-corrected chi connectivity index (χ2v) is 9.05. The molecule has 8 nitrogen and oxygen atoms in total. The van der Waals surface area contributed by atoms with Crippen molar-refractivity contribution < 1.29 is 26.2 Å². The van der Waals surface area contributed by atoms with Crippen LogP contribution in [0.15, 0.2) is 65.7 Å². The Balaban J connectivity index is 1.88. The zero-order chi connectivity index (χ0) is 24.7. The van der Waals surface area contributed by atoms with E-state index in [9.17, 15) is 22.0 Å². The van der Waals surface area contributed by atoms with Crippen molar-refractivity contribution in [2.24, 2.45) is 10.7 Å². The number of rotatable bonds is 5. The molecule has 0 bridgehead atoms. The average molecular weight is 482 g/mol. The summed E-state index contributed by atoms with van der Waals surface area (Å²) in [5.74, 6) is -2.17. The van der Waals surface area contributed by atoms with Crippen LogP contribution < -0.4 is 15.2 Å². The summed E-state index contributed by atoms with van der Waals surface area (Å²) < 4.78 is 56.2. The summed E-state index contributed by atoms with van der Waals surface area (Å²) in [5.41, 5.74) is 4.58. The number of amides is 1. The van der Waals surface area contributed by atoms with E-state index >= 15 is 0 Å². The molecule has 3 N–H and O–H groups in total. The SMILES string of the molecule is CS(=O)(=O)Oc1ccc(C2(c3ccc(F)c(-c4ccc(F)c(C#N)c4)c3)N=C(N)NC2=O)cc1. The number of benzene rings is 3. The predicted octanol–water partition coefficient (Wildman–Crippen LogP) is 2.53. The van der Waals surface area contributed by atoms with Crippen LogP contribution in [0, 0.1) is 23.0 Å². The minimum absolute atomic E-state index is 0.0128. The first kappa shape index (κ1) is 22.9. The Morgan fingerprint density at radius 2 is 1.68 bits per heavy atom. The van der Waals surface area contributed by atoms with Crippen molar-refractivity contribution in [2.75, 3.05) is 6.26 Å². The molecular weight excluding hydrogens is 466 g/mol. The number of guanidine groups is 1. The second-order valence-electron chi connectivity index (χ2n) is 7.47. The Kier molecular flexibility index (Phi) is 5.54. The van der Waals surface area contributed by atoms with Crippen molar-refractivity contribution >= 4 is 22.0 Å². The van der Waals surface area contributed by atoms with Gasteiger partial charge in [0.25, 0.3) is 5.91 Å². The van der Waals surface area contributed by atoms with E-state index in [4.69, 9.17) is 15.2 Å². The Hall–Kier alpha value is -4.30. The molecule has 1 amide bonds. The molecule has 0 aromatic heterocycles. The normalized spacial score (nSPS) is 17.6. The van der Waals surface area contributed by atoms with Crippen LogP contribution in [0.4, 0.5) is 8.78 Å². The monoisotopic (exact) mass is 482 g/mol. The van der Waals surface area contributed by atoms with Crippen molar-refractivity contribution in [1.29, 1.82) is 5.26 Å². The van der Waals surface area contributed by atoms with E-state index in [0.29, 0.717) is 5.56 Å². The lowest BCUT2D eigenvalue weighted by Crippen LogP contribution is -2.39. The van der Waals surface area contributed by atoms with Crippen LogP contribution in [-0.2, 0) is 20.5 Å². The summed E-state index contributed by atoms with van der Waals surface area (Å²) in [5, 5.41) is 11.5. The molecular formula is C23H16F2N4O4S. The van der Waals surface area contributed by atoms with Gasteiger partial charge in [0, 0.05) is 5.56 Å². The van der Waals surface area contributed by atoms with Gasteiger partial charge in [-0.3, -0.25) is 10.1 Å². The summed E-state index contributed by atoms with van der Waals surface area (Å²) in [6.07, 6.45) is 0.894. The molecule has 34 heavy (non-hydrogen) atoms. The number of nitrogens with zero attached hydrogens (tertiary/aromatic N) is 2. The van der Waals surface area contributed by atoms with Crippen molar-refractivity contribution in [3.05, 3.63) is 89.0 Å². The van der Waals surface area contributed by atoms with Gasteiger partial charge >= 0.3 is 10.1 Å². The Bertz CT molecular complexity index is 1500. The molecule has 3 aromatic carbocycles. The summed E-state index contributed by atoms with van der Waals surface area (Å²) in [6, 6.07) is 14.7. The van der Waals surface area contributed by atoms with Crippen LogP contribution in [0.5, 0.6) is 5.75 Å². The predicted molar refractivity (Wildman–Crippen MR) is 119 cm³/mol. The summed E-state index contributed by atoms with van der Waals surface area (Å²) in [7, 11) is -3.76. The number of hydrogen-bond donors (Lipinski definition) is 2. The lowest BCUT2D eigenvalue weighted by molar-refractivity contribution is -0.122. The van der Waals surface area contributed by atoms with Crippen molar-refractivity contribution in [1.82, 2.24) is 5.32 Å². The molecule has 0 spiro atoms. The summed E-state index contributed by atoms with van der Waals surface area (Å²) in [6.45, 7) is 0. The third kappa shape index (κ3) is 4.06. The fraction of sp³-hybridized carbons (Fsp3) is 0.0870. The number of nitrogens with two attached hydrogens (primary N) is 1. The number of nitrogens with one attached hydrogen (secondary N) is 1. The maximum absolute atomic E-state index is 14.8. The molecule has 11 heteroatoms. The van der Waals surface area contributed by atoms with E-state index in [1.54, 1.807) is 6.07 Å². The van der Waals surface area contributed by atoms with E-state index in [0.717, 1.165) is 18.4 Å². The molecule has 0 fully saturated rings. The second kappa shape index (κ2) is 8.24. The molecule has 0 radical (unpaired) electrons. The average Bonchev–Trinajstić information content (AvgIpc) is 3.08. The highest BCUT2D eigenvalue weighted by molar-refractivity contribution is 7.86. The first-order chi connectivity index (χ1) is 16.0. The molecule has 1 unspecified atom stereocenters. The number of aliphatic imine (C=N–C) groups is 1. The number of carbonyl (C=O) groups is 1. The molecule has 1 aliphatic rings. The topological polar surface area (TPSA) is 135 Å². The smallest absolute Gasteiger partial charge is 0.306 e. The Morgan fingerprint density at radius 3 is 2.26 bits per heavy atom. The van der Waals surface area contributed by atoms with Crippen LogP contribution in [0.25, 0.3) is 11.1 Å². The fourth-order valence-electron chi connectivity index (χ4n) is 3.70.